The summed E-state index contributed by atoms with van der Waals surface area (Å²) in [5.74, 6) is 0. The normalized spacial score (nSPS) is 13.2. The molecular weight excluding hydrogens is 285 g/mol. The zero-order valence-corrected chi connectivity index (χ0v) is 13.2. The van der Waals surface area contributed by atoms with Gasteiger partial charge in [0.2, 0.25) is 0 Å². The summed E-state index contributed by atoms with van der Waals surface area (Å²) in [5.41, 5.74) is 3.45. The Balaban J connectivity index is 0.000000514. The molecule has 0 amide bonds. The summed E-state index contributed by atoms with van der Waals surface area (Å²) in [4.78, 5) is 4.59. The van der Waals surface area contributed by atoms with Crippen LogP contribution >= 0.6 is 9.69 Å². The molecule has 1 aliphatic rings. The van der Waals surface area contributed by atoms with E-state index in [-0.39, 0.29) is 0 Å². The van der Waals surface area contributed by atoms with Crippen molar-refractivity contribution in [2.75, 3.05) is 6.54 Å². The predicted molar refractivity (Wildman–Crippen MR) is 66.1 cm³/mol. The van der Waals surface area contributed by atoms with Gasteiger partial charge in [-0.3, -0.25) is 0 Å². The van der Waals surface area contributed by atoms with Crippen molar-refractivity contribution in [2.24, 2.45) is 4.99 Å². The molecule has 1 aromatic heterocycles. The number of fused-ring (bicyclic) bond motifs is 1. The molecule has 0 saturated heterocycles. The first-order chi connectivity index (χ1) is 8.45. The van der Waals surface area contributed by atoms with Crippen LogP contribution in [0.4, 0.5) is 0 Å². The minimum absolute atomic E-state index is 0.847. The third-order valence-corrected chi connectivity index (χ3v) is 2.66. The molecule has 17 heavy (non-hydrogen) atoms. The van der Waals surface area contributed by atoms with Crippen LogP contribution in [-0.4, -0.2) is 16.8 Å². The van der Waals surface area contributed by atoms with Gasteiger partial charge in [-0.05, 0) is 5.56 Å². The van der Waals surface area contributed by atoms with Gasteiger partial charge in [0.05, 0.1) is 6.54 Å². The zero-order chi connectivity index (χ0) is 12.1. The van der Waals surface area contributed by atoms with Crippen molar-refractivity contribution in [3.8, 4) is 0 Å². The molecule has 0 spiro atoms. The quantitative estimate of drug-likeness (QED) is 0.569. The Morgan fingerprint density at radius 3 is 2.76 bits per heavy atom. The summed E-state index contributed by atoms with van der Waals surface area (Å²) in [6, 6.07) is 15.4. The van der Waals surface area contributed by atoms with Crippen molar-refractivity contribution >= 4 is 15.4 Å². The molecule has 2 heterocycles. The van der Waals surface area contributed by atoms with Crippen LogP contribution in [0.15, 0.2) is 47.6 Å². The first-order valence-corrected chi connectivity index (χ1v) is 9.28. The van der Waals surface area contributed by atoms with Crippen LogP contribution in [0, 0.1) is 6.07 Å². The summed E-state index contributed by atoms with van der Waals surface area (Å²) in [6.45, 7) is 1.83. The molecule has 0 saturated carbocycles. The van der Waals surface area contributed by atoms with Gasteiger partial charge in [0, 0.05) is 12.3 Å². The molecule has 0 radical (unpaired) electrons. The molecule has 1 aromatic carbocycles. The van der Waals surface area contributed by atoms with Gasteiger partial charge in [-0.1, -0.05) is 36.0 Å². The van der Waals surface area contributed by atoms with Crippen molar-refractivity contribution < 1.29 is 17.3 Å². The molecule has 0 N–H and O–H groups in total. The maximum Gasteiger partial charge on any atom is 0.0542 e. The van der Waals surface area contributed by atoms with E-state index >= 15 is 0 Å². The SMILES string of the molecule is [Cl][Zn+].[c-]1cc2n(c1)CCN=C2c1ccccc1. The molecule has 0 bridgehead atoms. The Labute approximate surface area is 115 Å². The fourth-order valence-electron chi connectivity index (χ4n) is 1.93. The van der Waals surface area contributed by atoms with E-state index < -0.39 is 0 Å². The van der Waals surface area contributed by atoms with Crippen molar-refractivity contribution in [1.29, 1.82) is 0 Å². The first kappa shape index (κ1) is 12.5. The Bertz CT molecular complexity index is 505. The topological polar surface area (TPSA) is 17.3 Å². The van der Waals surface area contributed by atoms with Crippen LogP contribution < -0.4 is 0 Å². The van der Waals surface area contributed by atoms with Gasteiger partial charge in [0.15, 0.2) is 0 Å². The molecule has 2 aromatic rings. The molecule has 0 fully saturated rings. The number of halogens is 1. The summed E-state index contributed by atoms with van der Waals surface area (Å²) in [5, 5.41) is 0. The van der Waals surface area contributed by atoms with E-state index in [4.69, 9.17) is 9.69 Å². The van der Waals surface area contributed by atoms with E-state index in [2.05, 4.69) is 27.8 Å². The summed E-state index contributed by atoms with van der Waals surface area (Å²) >= 11 is 0.847. The monoisotopic (exact) mass is 294 g/mol. The molecular formula is C13H11ClN2Zn. The van der Waals surface area contributed by atoms with Gasteiger partial charge in [0.1, 0.15) is 0 Å². The fraction of sp³-hybridized carbons (Fsp3) is 0.154. The van der Waals surface area contributed by atoms with Gasteiger partial charge in [0.25, 0.3) is 0 Å². The smallest absolute Gasteiger partial charge is 0.0542 e. The number of hydrogen-bond donors (Lipinski definition) is 0. The largest absolute Gasteiger partial charge is 0.438 e. The third-order valence-electron chi connectivity index (χ3n) is 2.66. The number of rotatable bonds is 1. The number of aliphatic imine (C=N–C) groups is 1. The molecule has 4 heteroatoms. The van der Waals surface area contributed by atoms with Crippen molar-refractivity contribution in [3.05, 3.63) is 59.9 Å². The average Bonchev–Trinajstić information content (AvgIpc) is 2.90. The van der Waals surface area contributed by atoms with E-state index in [9.17, 15) is 0 Å². The minimum Gasteiger partial charge on any atom is -0.438 e. The fourth-order valence-corrected chi connectivity index (χ4v) is 1.93. The van der Waals surface area contributed by atoms with Crippen LogP contribution in [0.2, 0.25) is 0 Å². The van der Waals surface area contributed by atoms with Crippen LogP contribution in [0.1, 0.15) is 11.3 Å². The Morgan fingerprint density at radius 1 is 1.24 bits per heavy atom. The van der Waals surface area contributed by atoms with Crippen molar-refractivity contribution in [3.63, 3.8) is 0 Å². The minimum atomic E-state index is 0.847. The standard InChI is InChI=1S/C13H11N2.ClH.Zn/c1-2-5-11(6-3-1)13-12-7-4-9-15(12)10-8-14-13;;/h1-3,5-7,9H,8,10H2;1H;/q-1;;+2/p-1. The van der Waals surface area contributed by atoms with E-state index in [1.165, 1.54) is 11.3 Å². The zero-order valence-electron chi connectivity index (χ0n) is 9.44. The van der Waals surface area contributed by atoms with Crippen LogP contribution in [0.5, 0.6) is 0 Å². The van der Waals surface area contributed by atoms with Gasteiger partial charge >= 0.3 is 27.0 Å². The van der Waals surface area contributed by atoms with Gasteiger partial charge in [-0.15, -0.1) is 6.20 Å². The Morgan fingerprint density at radius 2 is 2.00 bits per heavy atom. The van der Waals surface area contributed by atoms with E-state index in [0.717, 1.165) is 36.1 Å². The number of nitrogens with zero attached hydrogens (tertiary/aromatic N) is 2. The van der Waals surface area contributed by atoms with Gasteiger partial charge in [-0.2, -0.15) is 0 Å². The Kier molecular flexibility index (Phi) is 4.52. The number of benzene rings is 1. The molecule has 0 unspecified atom stereocenters. The van der Waals surface area contributed by atoms with Crippen LogP contribution in [0.3, 0.4) is 0 Å². The molecule has 2 nitrogen and oxygen atoms in total. The molecule has 82 valence electrons. The van der Waals surface area contributed by atoms with Gasteiger partial charge < -0.3 is 9.56 Å². The summed E-state index contributed by atoms with van der Waals surface area (Å²) < 4.78 is 2.20. The third kappa shape index (κ3) is 2.67. The summed E-state index contributed by atoms with van der Waals surface area (Å²) in [7, 11) is 4.76. The molecule has 1 aliphatic heterocycles. The summed E-state index contributed by atoms with van der Waals surface area (Å²) in [6.07, 6.45) is 1.99. The predicted octanol–water partition coefficient (Wildman–Crippen LogP) is 2.83. The number of aromatic nitrogens is 1. The van der Waals surface area contributed by atoms with Crippen molar-refractivity contribution in [2.45, 2.75) is 6.54 Å². The molecule has 0 aliphatic carbocycles. The second kappa shape index (κ2) is 6.13. The average molecular weight is 296 g/mol. The second-order valence-electron chi connectivity index (χ2n) is 3.62. The Hall–Kier alpha value is -0.917. The van der Waals surface area contributed by atoms with Crippen molar-refractivity contribution in [1.82, 2.24) is 4.57 Å². The van der Waals surface area contributed by atoms with Crippen LogP contribution in [-0.2, 0) is 23.9 Å². The van der Waals surface area contributed by atoms with E-state index in [0.29, 0.717) is 0 Å². The van der Waals surface area contributed by atoms with Gasteiger partial charge in [-0.25, -0.2) is 12.1 Å². The molecule has 0 atom stereocenters. The van der Waals surface area contributed by atoms with E-state index in [1.807, 2.05) is 30.5 Å². The number of hydrogen-bond acceptors (Lipinski definition) is 1. The second-order valence-corrected chi connectivity index (χ2v) is 3.62. The first-order valence-electron chi connectivity index (χ1n) is 5.38. The van der Waals surface area contributed by atoms with Crippen LogP contribution in [0.25, 0.3) is 0 Å². The van der Waals surface area contributed by atoms with E-state index in [1.54, 1.807) is 0 Å². The maximum absolute atomic E-state index is 4.76. The maximum atomic E-state index is 4.76. The molecule has 3 rings (SSSR count).